The number of hydrogen-bond acceptors (Lipinski definition) is 9. The fourth-order valence-electron chi connectivity index (χ4n) is 4.92. The molecule has 1 aromatic carbocycles. The van der Waals surface area contributed by atoms with Crippen molar-refractivity contribution in [2.45, 2.75) is 59.2 Å². The summed E-state index contributed by atoms with van der Waals surface area (Å²) >= 11 is 0. The summed E-state index contributed by atoms with van der Waals surface area (Å²) in [6, 6.07) is 13.7. The van der Waals surface area contributed by atoms with Gasteiger partial charge in [0.15, 0.2) is 0 Å². The number of carbonyl (C=O) groups excluding carboxylic acids is 2. The van der Waals surface area contributed by atoms with E-state index in [1.54, 1.807) is 0 Å². The number of aromatic nitrogens is 3. The molecule has 232 valence electrons. The third-order valence-electron chi connectivity index (χ3n) is 7.14. The maximum atomic E-state index is 12.8. The van der Waals surface area contributed by atoms with E-state index in [0.717, 1.165) is 49.4 Å². The van der Waals surface area contributed by atoms with Gasteiger partial charge in [0.2, 0.25) is 5.88 Å². The fourth-order valence-corrected chi connectivity index (χ4v) is 4.92. The highest BCUT2D eigenvalue weighted by atomic mass is 16.6. The summed E-state index contributed by atoms with van der Waals surface area (Å²) in [6.45, 7) is 11.7. The number of amides is 2. The highest BCUT2D eigenvalue weighted by molar-refractivity contribution is 5.94. The SMILES string of the molecule is CCOc1nc(C(=O)NCC2CCN(Cc3cc(-c4ccccc4)nn3CCNC(=O)OC(C)(C)C)CC2)cc(N)c1N. The number of carbonyl (C=O) groups is 2. The molecule has 0 spiro atoms. The summed E-state index contributed by atoms with van der Waals surface area (Å²) in [4.78, 5) is 31.6. The molecule has 1 fully saturated rings. The van der Waals surface area contributed by atoms with Crippen molar-refractivity contribution in [2.75, 3.05) is 44.3 Å². The largest absolute Gasteiger partial charge is 0.476 e. The number of nitrogens with one attached hydrogen (secondary N) is 2. The summed E-state index contributed by atoms with van der Waals surface area (Å²) in [5.41, 5.74) is 15.0. The van der Waals surface area contributed by atoms with Crippen LogP contribution in [0.25, 0.3) is 11.3 Å². The molecule has 12 nitrogen and oxygen atoms in total. The molecule has 6 N–H and O–H groups in total. The van der Waals surface area contributed by atoms with Gasteiger partial charge in [-0.15, -0.1) is 0 Å². The molecule has 0 saturated carbocycles. The first kappa shape index (κ1) is 31.6. The Morgan fingerprint density at radius 1 is 1.07 bits per heavy atom. The second-order valence-corrected chi connectivity index (χ2v) is 11.7. The lowest BCUT2D eigenvalue weighted by Gasteiger charge is -2.32. The highest BCUT2D eigenvalue weighted by Crippen LogP contribution is 2.26. The van der Waals surface area contributed by atoms with Gasteiger partial charge in [0.1, 0.15) is 17.0 Å². The molecule has 1 aliphatic rings. The van der Waals surface area contributed by atoms with Crippen LogP contribution in [0.5, 0.6) is 5.88 Å². The third kappa shape index (κ3) is 9.08. The smallest absolute Gasteiger partial charge is 0.407 e. The Morgan fingerprint density at radius 2 is 1.79 bits per heavy atom. The van der Waals surface area contributed by atoms with Crippen molar-refractivity contribution in [1.82, 2.24) is 30.3 Å². The Morgan fingerprint density at radius 3 is 2.47 bits per heavy atom. The second-order valence-electron chi connectivity index (χ2n) is 11.7. The minimum atomic E-state index is -0.551. The molecule has 43 heavy (non-hydrogen) atoms. The van der Waals surface area contributed by atoms with Gasteiger partial charge in [-0.3, -0.25) is 14.4 Å². The number of ether oxygens (including phenoxy) is 2. The molecule has 3 aromatic rings. The lowest BCUT2D eigenvalue weighted by Crippen LogP contribution is -2.39. The first-order valence-electron chi connectivity index (χ1n) is 14.8. The van der Waals surface area contributed by atoms with Crippen LogP contribution >= 0.6 is 0 Å². The van der Waals surface area contributed by atoms with Gasteiger partial charge in [0.25, 0.3) is 5.91 Å². The summed E-state index contributed by atoms with van der Waals surface area (Å²) in [5, 5.41) is 10.7. The monoisotopic (exact) mass is 592 g/mol. The van der Waals surface area contributed by atoms with E-state index in [4.69, 9.17) is 26.0 Å². The van der Waals surface area contributed by atoms with Crippen LogP contribution in [0.15, 0.2) is 42.5 Å². The second kappa shape index (κ2) is 14.2. The van der Waals surface area contributed by atoms with Crippen LogP contribution in [-0.2, 0) is 17.8 Å². The standard InChI is InChI=1S/C31H44N8O4/c1-5-42-29-27(33)24(32)18-26(36-29)28(40)35-19-21-11-14-38(15-12-21)20-23-17-25(22-9-7-6-8-10-22)37-39(23)16-13-34-30(41)43-31(2,3)4/h6-10,17-18,21H,5,11-16,19-20,33H2,1-4H3,(H2,32,36)(H,34,41)(H,35,40). The normalized spacial score (nSPS) is 14.3. The van der Waals surface area contributed by atoms with E-state index in [-0.39, 0.29) is 28.9 Å². The van der Waals surface area contributed by atoms with Gasteiger partial charge in [0.05, 0.1) is 30.2 Å². The number of nitrogens with zero attached hydrogens (tertiary/aromatic N) is 4. The van der Waals surface area contributed by atoms with Crippen molar-refractivity contribution in [3.63, 3.8) is 0 Å². The Labute approximate surface area is 253 Å². The van der Waals surface area contributed by atoms with Gasteiger partial charge in [-0.25, -0.2) is 9.78 Å². The predicted octanol–water partition coefficient (Wildman–Crippen LogP) is 3.67. The van der Waals surface area contributed by atoms with Crippen molar-refractivity contribution >= 4 is 23.4 Å². The maximum Gasteiger partial charge on any atom is 0.407 e. The Balaban J connectivity index is 1.32. The van der Waals surface area contributed by atoms with E-state index < -0.39 is 11.7 Å². The van der Waals surface area contributed by atoms with Crippen molar-refractivity contribution in [3.05, 3.63) is 53.9 Å². The van der Waals surface area contributed by atoms with E-state index in [2.05, 4.69) is 26.6 Å². The number of pyridine rings is 1. The number of piperidine rings is 1. The molecule has 0 unspecified atom stereocenters. The molecule has 3 heterocycles. The number of hydrogen-bond donors (Lipinski definition) is 4. The molecule has 2 amide bonds. The number of nitrogen functional groups attached to an aromatic ring is 2. The molecule has 1 saturated heterocycles. The third-order valence-corrected chi connectivity index (χ3v) is 7.14. The molecule has 0 aliphatic carbocycles. The van der Waals surface area contributed by atoms with Crippen molar-refractivity contribution in [1.29, 1.82) is 0 Å². The van der Waals surface area contributed by atoms with Crippen LogP contribution in [0.4, 0.5) is 16.2 Å². The summed E-state index contributed by atoms with van der Waals surface area (Å²) in [7, 11) is 0. The zero-order valence-corrected chi connectivity index (χ0v) is 25.6. The van der Waals surface area contributed by atoms with Crippen LogP contribution in [-0.4, -0.2) is 70.1 Å². The zero-order chi connectivity index (χ0) is 31.0. The average molecular weight is 593 g/mol. The maximum absolute atomic E-state index is 12.8. The Hall–Kier alpha value is -4.32. The molecule has 12 heteroatoms. The quantitative estimate of drug-likeness (QED) is 0.260. The average Bonchev–Trinajstić information content (AvgIpc) is 3.36. The fraction of sp³-hybridized carbons (Fsp3) is 0.484. The molecule has 0 bridgehead atoms. The molecular weight excluding hydrogens is 548 g/mol. The number of benzene rings is 1. The number of nitrogens with two attached hydrogens (primary N) is 2. The Kier molecular flexibility index (Phi) is 10.5. The predicted molar refractivity (Wildman–Crippen MR) is 166 cm³/mol. The first-order valence-corrected chi connectivity index (χ1v) is 14.8. The molecular formula is C31H44N8O4. The minimum Gasteiger partial charge on any atom is -0.476 e. The van der Waals surface area contributed by atoms with Crippen LogP contribution in [0.1, 0.15) is 56.7 Å². The molecule has 0 atom stereocenters. The molecule has 0 radical (unpaired) electrons. The van der Waals surface area contributed by atoms with Gasteiger partial charge >= 0.3 is 6.09 Å². The van der Waals surface area contributed by atoms with Crippen LogP contribution in [0.3, 0.4) is 0 Å². The molecule has 1 aliphatic heterocycles. The van der Waals surface area contributed by atoms with Gasteiger partial charge in [-0.2, -0.15) is 5.10 Å². The van der Waals surface area contributed by atoms with Gasteiger partial charge in [0, 0.05) is 25.2 Å². The summed E-state index contributed by atoms with van der Waals surface area (Å²) in [6.07, 6.45) is 1.45. The zero-order valence-electron chi connectivity index (χ0n) is 25.6. The number of anilines is 2. The molecule has 4 rings (SSSR count). The lowest BCUT2D eigenvalue weighted by molar-refractivity contribution is 0.0525. The number of likely N-dealkylation sites (tertiary alicyclic amines) is 1. The number of alkyl carbamates (subject to hydrolysis) is 1. The van der Waals surface area contributed by atoms with Gasteiger partial charge in [-0.1, -0.05) is 30.3 Å². The molecule has 2 aromatic heterocycles. The van der Waals surface area contributed by atoms with Gasteiger partial charge < -0.3 is 31.6 Å². The van der Waals surface area contributed by atoms with E-state index in [1.807, 2.05) is 62.7 Å². The topological polar surface area (TPSA) is 163 Å². The first-order chi connectivity index (χ1) is 20.5. The van der Waals surface area contributed by atoms with E-state index in [1.165, 1.54) is 6.07 Å². The minimum absolute atomic E-state index is 0.177. The van der Waals surface area contributed by atoms with Gasteiger partial charge in [-0.05, 0) is 71.7 Å². The van der Waals surface area contributed by atoms with Crippen molar-refractivity contribution in [3.8, 4) is 17.1 Å². The van der Waals surface area contributed by atoms with Crippen molar-refractivity contribution < 1.29 is 19.1 Å². The van der Waals surface area contributed by atoms with Crippen LogP contribution < -0.4 is 26.8 Å². The lowest BCUT2D eigenvalue weighted by atomic mass is 9.96. The summed E-state index contributed by atoms with van der Waals surface area (Å²) < 4.78 is 12.7. The number of rotatable bonds is 11. The van der Waals surface area contributed by atoms with E-state index in [9.17, 15) is 9.59 Å². The van der Waals surface area contributed by atoms with E-state index in [0.29, 0.717) is 32.2 Å². The van der Waals surface area contributed by atoms with Crippen LogP contribution in [0.2, 0.25) is 0 Å². The highest BCUT2D eigenvalue weighted by Gasteiger charge is 2.23. The summed E-state index contributed by atoms with van der Waals surface area (Å²) in [5.74, 6) is 0.226. The van der Waals surface area contributed by atoms with Crippen molar-refractivity contribution in [2.24, 2.45) is 5.92 Å². The van der Waals surface area contributed by atoms with Crippen LogP contribution in [0, 0.1) is 5.92 Å². The van der Waals surface area contributed by atoms with E-state index >= 15 is 0 Å². The Bertz CT molecular complexity index is 1380.